The topological polar surface area (TPSA) is 226 Å². The van der Waals surface area contributed by atoms with Gasteiger partial charge in [-0.3, -0.25) is 33.6 Å². The van der Waals surface area contributed by atoms with Crippen LogP contribution < -0.4 is 21.3 Å². The summed E-state index contributed by atoms with van der Waals surface area (Å²) in [5, 5.41) is 11.6. The van der Waals surface area contributed by atoms with Crippen LogP contribution in [0.2, 0.25) is 0 Å². The smallest absolute Gasteiger partial charge is 0.432 e. The van der Waals surface area contributed by atoms with Crippen LogP contribution in [0.25, 0.3) is 11.1 Å². The molecule has 0 saturated carbocycles. The summed E-state index contributed by atoms with van der Waals surface area (Å²) < 4.78 is 25.9. The van der Waals surface area contributed by atoms with E-state index in [9.17, 15) is 33.6 Å². The van der Waals surface area contributed by atoms with Crippen LogP contribution in [-0.2, 0) is 57.3 Å². The first-order valence-electron chi connectivity index (χ1n) is 18.8. The quantitative estimate of drug-likeness (QED) is 0.0645. The van der Waals surface area contributed by atoms with Gasteiger partial charge in [0, 0.05) is 83.1 Å². The highest BCUT2D eigenvalue weighted by Crippen LogP contribution is 2.47. The molecule has 4 N–H and O–H groups in total. The monoisotopic (exact) mass is 797 g/mol. The van der Waals surface area contributed by atoms with E-state index in [1.54, 1.807) is 38.5 Å². The van der Waals surface area contributed by atoms with Crippen molar-refractivity contribution in [1.29, 1.82) is 0 Å². The van der Waals surface area contributed by atoms with Crippen LogP contribution in [0.5, 0.6) is 0 Å². The maximum Gasteiger partial charge on any atom is 0.533 e. The Balaban J connectivity index is 1.35. The maximum absolute atomic E-state index is 12.8. The van der Waals surface area contributed by atoms with Gasteiger partial charge in [-0.25, -0.2) is 4.79 Å². The summed E-state index contributed by atoms with van der Waals surface area (Å²) in [6.07, 6.45) is -0.224. The van der Waals surface area contributed by atoms with Crippen molar-refractivity contribution < 1.29 is 62.1 Å². The van der Waals surface area contributed by atoms with Gasteiger partial charge in [-0.2, -0.15) is 0 Å². The lowest BCUT2D eigenvalue weighted by atomic mass is 9.97. The molecule has 0 bridgehead atoms. The van der Waals surface area contributed by atoms with Crippen molar-refractivity contribution in [3.8, 4) is 11.1 Å². The number of fused-ring (bicyclic) bond motifs is 3. The van der Waals surface area contributed by atoms with Crippen LogP contribution in [0.15, 0.2) is 36.4 Å². The average Bonchev–Trinajstić information content (AvgIpc) is 3.66. The third kappa shape index (κ3) is 14.5. The summed E-state index contributed by atoms with van der Waals surface area (Å²) in [6, 6.07) is 10.6. The van der Waals surface area contributed by atoms with Crippen LogP contribution in [0.3, 0.4) is 0 Å². The minimum atomic E-state index is -1.24. The molecule has 1 fully saturated rings. The highest BCUT2D eigenvalue weighted by Gasteiger charge is 2.35. The standard InChI is InChI=1S/C39H51N5O13/c1-52-19-21-54-17-15-40-33(45)5-3-7-35(47)42-26-9-11-28-29-12-10-27(43-36(48)8-4-6-34(46)41-16-18-55-22-20-53-2)24-31(29)32(30(28)23-26)25-56-39(51)57-44-37(49)13-14-38(44)50/h9-12,23-24,32H,3-8,13-22,25H2,1-2H3,(H,40,45)(H,41,46)(H,42,47)(H,43,48). The van der Waals surface area contributed by atoms with Gasteiger partial charge in [0.05, 0.1) is 39.6 Å². The first-order valence-corrected chi connectivity index (χ1v) is 18.8. The molecule has 2 aromatic carbocycles. The zero-order valence-electron chi connectivity index (χ0n) is 32.3. The van der Waals surface area contributed by atoms with Gasteiger partial charge in [0.2, 0.25) is 23.6 Å². The molecule has 0 spiro atoms. The molecule has 0 unspecified atom stereocenters. The number of carbonyl (C=O) groups is 7. The molecule has 310 valence electrons. The second-order valence-electron chi connectivity index (χ2n) is 13.1. The van der Waals surface area contributed by atoms with E-state index in [0.717, 1.165) is 11.1 Å². The molecule has 1 aliphatic carbocycles. The van der Waals surface area contributed by atoms with Crippen molar-refractivity contribution in [2.45, 2.75) is 57.3 Å². The van der Waals surface area contributed by atoms with Gasteiger partial charge in [-0.05, 0) is 59.4 Å². The number of methoxy groups -OCH3 is 2. The van der Waals surface area contributed by atoms with Gasteiger partial charge in [0.25, 0.3) is 11.8 Å². The van der Waals surface area contributed by atoms with Crippen molar-refractivity contribution in [2.24, 2.45) is 0 Å². The van der Waals surface area contributed by atoms with Gasteiger partial charge in [-0.1, -0.05) is 17.2 Å². The molecule has 1 saturated heterocycles. The lowest BCUT2D eigenvalue weighted by Crippen LogP contribution is -2.32. The zero-order valence-corrected chi connectivity index (χ0v) is 32.3. The number of hydroxylamine groups is 2. The Labute approximate surface area is 330 Å². The molecular formula is C39H51N5O13. The third-order valence-corrected chi connectivity index (χ3v) is 8.87. The highest BCUT2D eigenvalue weighted by molar-refractivity contribution is 6.01. The number of hydrogen-bond acceptors (Lipinski definition) is 13. The summed E-state index contributed by atoms with van der Waals surface area (Å²) >= 11 is 0. The van der Waals surface area contributed by atoms with Gasteiger partial charge in [0.15, 0.2) is 0 Å². The first kappa shape index (κ1) is 44.3. The van der Waals surface area contributed by atoms with Crippen molar-refractivity contribution in [3.05, 3.63) is 47.5 Å². The number of amides is 6. The summed E-state index contributed by atoms with van der Waals surface area (Å²) in [4.78, 5) is 91.5. The second-order valence-corrected chi connectivity index (χ2v) is 13.1. The van der Waals surface area contributed by atoms with Crippen molar-refractivity contribution in [1.82, 2.24) is 15.7 Å². The van der Waals surface area contributed by atoms with Gasteiger partial charge < -0.3 is 45.0 Å². The minimum Gasteiger partial charge on any atom is -0.432 e. The molecule has 18 nitrogen and oxygen atoms in total. The van der Waals surface area contributed by atoms with E-state index in [2.05, 4.69) is 21.3 Å². The normalized spacial score (nSPS) is 13.2. The van der Waals surface area contributed by atoms with Gasteiger partial charge in [-0.15, -0.1) is 0 Å². The molecule has 0 radical (unpaired) electrons. The molecule has 57 heavy (non-hydrogen) atoms. The number of hydrogen-bond donors (Lipinski definition) is 4. The Kier molecular flexibility index (Phi) is 18.3. The molecule has 2 aromatic rings. The number of ether oxygens (including phenoxy) is 5. The second kappa shape index (κ2) is 23.6. The van der Waals surface area contributed by atoms with Crippen LogP contribution in [-0.4, -0.2) is 120 Å². The lowest BCUT2D eigenvalue weighted by molar-refractivity contribution is -0.177. The van der Waals surface area contributed by atoms with Crippen LogP contribution in [0, 0.1) is 0 Å². The van der Waals surface area contributed by atoms with Crippen LogP contribution in [0.1, 0.15) is 68.4 Å². The molecule has 4 rings (SSSR count). The van der Waals surface area contributed by atoms with Crippen LogP contribution in [0.4, 0.5) is 16.2 Å². The maximum atomic E-state index is 12.8. The molecule has 0 aromatic heterocycles. The summed E-state index contributed by atoms with van der Waals surface area (Å²) in [5.74, 6) is -2.88. The van der Waals surface area contributed by atoms with Gasteiger partial charge >= 0.3 is 6.16 Å². The highest BCUT2D eigenvalue weighted by atomic mass is 16.8. The zero-order chi connectivity index (χ0) is 41.0. The van der Waals surface area contributed by atoms with E-state index in [1.165, 1.54) is 0 Å². The summed E-state index contributed by atoms with van der Waals surface area (Å²) in [7, 11) is 3.15. The van der Waals surface area contributed by atoms with Crippen molar-refractivity contribution >= 4 is 53.0 Å². The SMILES string of the molecule is COCCOCCNC(=O)CCCC(=O)Nc1ccc2c(c1)C(COC(=O)ON1C(=O)CCC1=O)c1cc(NC(=O)CCCC(=O)NCCOCCOC)ccc1-2. The summed E-state index contributed by atoms with van der Waals surface area (Å²) in [6.45, 7) is 2.95. The number of nitrogens with one attached hydrogen (secondary N) is 4. The van der Waals surface area contributed by atoms with Gasteiger partial charge in [0.1, 0.15) is 6.61 Å². The number of imide groups is 1. The minimum absolute atomic E-state index is 0.0743. The number of anilines is 2. The molecule has 18 heteroatoms. The molecule has 0 atom stereocenters. The van der Waals surface area contributed by atoms with Crippen molar-refractivity contribution in [3.63, 3.8) is 0 Å². The number of nitrogens with zero attached hydrogens (tertiary/aromatic N) is 1. The van der Waals surface area contributed by atoms with E-state index < -0.39 is 23.9 Å². The Morgan fingerprint density at radius 3 is 1.54 bits per heavy atom. The van der Waals surface area contributed by atoms with E-state index in [4.69, 9.17) is 28.5 Å². The first-order chi connectivity index (χ1) is 27.6. The Hall–Kier alpha value is -5.43. The van der Waals surface area contributed by atoms with E-state index in [0.29, 0.717) is 93.1 Å². The van der Waals surface area contributed by atoms with E-state index in [-0.39, 0.29) is 68.8 Å². The fourth-order valence-corrected chi connectivity index (χ4v) is 6.06. The lowest BCUT2D eigenvalue weighted by Gasteiger charge is -2.17. The van der Waals surface area contributed by atoms with Crippen molar-refractivity contribution in [2.75, 3.05) is 84.2 Å². The Bertz CT molecular complexity index is 1620. The predicted molar refractivity (Wildman–Crippen MR) is 204 cm³/mol. The average molecular weight is 798 g/mol. The molecule has 6 amide bonds. The molecule has 1 heterocycles. The number of benzene rings is 2. The van der Waals surface area contributed by atoms with E-state index in [1.807, 2.05) is 12.1 Å². The Morgan fingerprint density at radius 1 is 0.632 bits per heavy atom. The number of carbonyl (C=O) groups excluding carboxylic acids is 7. The summed E-state index contributed by atoms with van der Waals surface area (Å²) in [5.41, 5.74) is 3.95. The fourth-order valence-electron chi connectivity index (χ4n) is 6.06. The molecule has 1 aliphatic heterocycles. The molecule has 2 aliphatic rings. The largest absolute Gasteiger partial charge is 0.533 e. The molecular weight excluding hydrogens is 746 g/mol. The van der Waals surface area contributed by atoms with Crippen LogP contribution >= 0.6 is 0 Å². The Morgan fingerprint density at radius 2 is 1.09 bits per heavy atom. The number of rotatable bonds is 25. The third-order valence-electron chi connectivity index (χ3n) is 8.87. The van der Waals surface area contributed by atoms with E-state index >= 15 is 0 Å². The fraction of sp³-hybridized carbons (Fsp3) is 0.513. The predicted octanol–water partition coefficient (Wildman–Crippen LogP) is 2.79.